The number of fused-ring (bicyclic) bond motifs is 1. The number of nitrogens with zero attached hydrogens (tertiary/aromatic N) is 4. The van der Waals surface area contributed by atoms with Crippen LogP contribution < -0.4 is 5.73 Å². The van der Waals surface area contributed by atoms with Crippen molar-refractivity contribution in [3.63, 3.8) is 0 Å². The van der Waals surface area contributed by atoms with Crippen LogP contribution >= 0.6 is 7.60 Å². The van der Waals surface area contributed by atoms with Crippen molar-refractivity contribution < 1.29 is 19.1 Å². The summed E-state index contributed by atoms with van der Waals surface area (Å²) in [7, 11) is -4.27. The summed E-state index contributed by atoms with van der Waals surface area (Å²) in [6.45, 7) is 0.142. The van der Waals surface area contributed by atoms with Crippen molar-refractivity contribution in [2.75, 3.05) is 12.1 Å². The van der Waals surface area contributed by atoms with E-state index in [1.165, 1.54) is 12.7 Å². The largest absolute Gasteiger partial charge is 0.382 e. The first-order valence-corrected chi connectivity index (χ1v) is 7.24. The molecule has 10 heteroatoms. The molecule has 0 unspecified atom stereocenters. The molecule has 2 rings (SSSR count). The Bertz CT molecular complexity index is 703. The second kappa shape index (κ2) is 5.56. The second-order valence-electron chi connectivity index (χ2n) is 3.94. The molecule has 0 spiro atoms. The van der Waals surface area contributed by atoms with E-state index in [1.54, 1.807) is 4.57 Å². The quantitative estimate of drug-likeness (QED) is 0.499. The molecule has 2 aromatic heterocycles. The zero-order valence-corrected chi connectivity index (χ0v) is 11.1. The van der Waals surface area contributed by atoms with Crippen molar-refractivity contribution >= 4 is 24.6 Å². The van der Waals surface area contributed by atoms with Crippen LogP contribution in [0.4, 0.5) is 5.82 Å². The SMILES string of the molecule is C#C[C@H](Cn1cnc2c(N)ncnc21)OCP(=O)(O)O. The van der Waals surface area contributed by atoms with Crippen LogP contribution in [0.15, 0.2) is 12.7 Å². The molecule has 1 atom stereocenters. The van der Waals surface area contributed by atoms with Gasteiger partial charge in [-0.05, 0) is 0 Å². The van der Waals surface area contributed by atoms with Crippen LogP contribution in [0.3, 0.4) is 0 Å². The van der Waals surface area contributed by atoms with Gasteiger partial charge in [0.15, 0.2) is 11.5 Å². The average Bonchev–Trinajstić information content (AvgIpc) is 2.78. The van der Waals surface area contributed by atoms with E-state index in [1.807, 2.05) is 0 Å². The topological polar surface area (TPSA) is 136 Å². The molecule has 0 radical (unpaired) electrons. The summed E-state index contributed by atoms with van der Waals surface area (Å²) < 4.78 is 17.3. The molecule has 0 aliphatic carbocycles. The first-order valence-electron chi connectivity index (χ1n) is 5.44. The van der Waals surface area contributed by atoms with Gasteiger partial charge in [0.05, 0.1) is 12.9 Å². The van der Waals surface area contributed by atoms with Gasteiger partial charge in [0.1, 0.15) is 24.3 Å². The lowest BCUT2D eigenvalue weighted by Gasteiger charge is -2.13. The van der Waals surface area contributed by atoms with Gasteiger partial charge in [0.2, 0.25) is 0 Å². The summed E-state index contributed by atoms with van der Waals surface area (Å²) in [5.41, 5.74) is 6.55. The number of aromatic nitrogens is 4. The molecule has 0 aliphatic rings. The van der Waals surface area contributed by atoms with Gasteiger partial charge in [0, 0.05) is 0 Å². The van der Waals surface area contributed by atoms with Crippen LogP contribution in [0.5, 0.6) is 0 Å². The number of terminal acetylenes is 1. The molecular weight excluding hydrogens is 285 g/mol. The summed E-state index contributed by atoms with van der Waals surface area (Å²) in [5, 5.41) is 0. The molecule has 2 heterocycles. The Morgan fingerprint density at radius 2 is 2.25 bits per heavy atom. The molecule has 2 aromatic rings. The Kier molecular flexibility index (Phi) is 4.01. The Morgan fingerprint density at radius 3 is 2.90 bits per heavy atom. The van der Waals surface area contributed by atoms with E-state index in [-0.39, 0.29) is 12.4 Å². The first kappa shape index (κ1) is 14.4. The molecule has 0 amide bonds. The first-order chi connectivity index (χ1) is 9.40. The van der Waals surface area contributed by atoms with Crippen LogP contribution in [-0.2, 0) is 15.8 Å². The second-order valence-corrected chi connectivity index (χ2v) is 5.53. The third-order valence-electron chi connectivity index (χ3n) is 2.42. The van der Waals surface area contributed by atoms with E-state index in [0.29, 0.717) is 11.2 Å². The van der Waals surface area contributed by atoms with E-state index in [9.17, 15) is 4.57 Å². The lowest BCUT2D eigenvalue weighted by atomic mass is 10.3. The van der Waals surface area contributed by atoms with Crippen LogP contribution in [0, 0.1) is 12.3 Å². The molecule has 0 aliphatic heterocycles. The van der Waals surface area contributed by atoms with Gasteiger partial charge < -0.3 is 24.8 Å². The highest BCUT2D eigenvalue weighted by atomic mass is 31.2. The molecular formula is C10H12N5O4P. The number of anilines is 1. The van der Waals surface area contributed by atoms with Crippen molar-refractivity contribution in [2.24, 2.45) is 0 Å². The Balaban J connectivity index is 2.16. The fourth-order valence-electron chi connectivity index (χ4n) is 1.55. The van der Waals surface area contributed by atoms with Gasteiger partial charge >= 0.3 is 7.60 Å². The van der Waals surface area contributed by atoms with E-state index in [4.69, 9.17) is 26.7 Å². The summed E-state index contributed by atoms with van der Waals surface area (Å²) in [6, 6.07) is 0. The Hall–Kier alpha value is -1.98. The molecule has 106 valence electrons. The third-order valence-corrected chi connectivity index (χ3v) is 2.91. The third kappa shape index (κ3) is 3.31. The fraction of sp³-hybridized carbons (Fsp3) is 0.300. The zero-order chi connectivity index (χ0) is 14.8. The van der Waals surface area contributed by atoms with Crippen LogP contribution in [0.25, 0.3) is 11.2 Å². The standard InChI is InChI=1S/C10H12N5O4P/c1-2-7(19-6-20(16,17)18)3-15-5-14-8-9(11)12-4-13-10(8)15/h1,4-5,7H,3,6H2,(H2,11,12,13)(H2,16,17,18)/t7-/m1/s1. The van der Waals surface area contributed by atoms with E-state index < -0.39 is 20.0 Å². The number of imidazole rings is 1. The van der Waals surface area contributed by atoms with Crippen molar-refractivity contribution in [2.45, 2.75) is 12.6 Å². The molecule has 0 bridgehead atoms. The molecule has 0 saturated heterocycles. The summed E-state index contributed by atoms with van der Waals surface area (Å²) in [6.07, 6.45) is 6.45. The van der Waals surface area contributed by atoms with Gasteiger partial charge in [-0.3, -0.25) is 4.57 Å². The van der Waals surface area contributed by atoms with Gasteiger partial charge in [-0.2, -0.15) is 0 Å². The van der Waals surface area contributed by atoms with Gasteiger partial charge in [0.25, 0.3) is 0 Å². The van der Waals surface area contributed by atoms with Crippen molar-refractivity contribution in [1.82, 2.24) is 19.5 Å². The fourth-order valence-corrected chi connectivity index (χ4v) is 1.93. The number of rotatable bonds is 5. The van der Waals surface area contributed by atoms with Gasteiger partial charge in [-0.1, -0.05) is 5.92 Å². The van der Waals surface area contributed by atoms with E-state index >= 15 is 0 Å². The predicted molar refractivity (Wildman–Crippen MR) is 70.4 cm³/mol. The number of ether oxygens (including phenoxy) is 1. The monoisotopic (exact) mass is 297 g/mol. The molecule has 0 aromatic carbocycles. The Morgan fingerprint density at radius 1 is 1.50 bits per heavy atom. The summed E-state index contributed by atoms with van der Waals surface area (Å²) in [5.74, 6) is 2.54. The molecule has 0 saturated carbocycles. The molecule has 9 nitrogen and oxygen atoms in total. The van der Waals surface area contributed by atoms with E-state index in [0.717, 1.165) is 0 Å². The highest BCUT2D eigenvalue weighted by Gasteiger charge is 2.18. The minimum Gasteiger partial charge on any atom is -0.382 e. The van der Waals surface area contributed by atoms with Gasteiger partial charge in [-0.15, -0.1) is 6.42 Å². The maximum atomic E-state index is 10.8. The van der Waals surface area contributed by atoms with Crippen LogP contribution in [0.2, 0.25) is 0 Å². The van der Waals surface area contributed by atoms with Crippen molar-refractivity contribution in [3.8, 4) is 12.3 Å². The number of nitrogens with two attached hydrogens (primary N) is 1. The lowest BCUT2D eigenvalue weighted by molar-refractivity contribution is 0.103. The minimum absolute atomic E-state index is 0.142. The number of nitrogen functional groups attached to an aromatic ring is 1. The molecule has 0 fully saturated rings. The molecule has 20 heavy (non-hydrogen) atoms. The minimum atomic E-state index is -4.27. The van der Waals surface area contributed by atoms with Crippen LogP contribution in [-0.4, -0.2) is 41.8 Å². The predicted octanol–water partition coefficient (Wildman–Crippen LogP) is -0.438. The number of hydrogen-bond acceptors (Lipinski definition) is 6. The van der Waals surface area contributed by atoms with Crippen molar-refractivity contribution in [1.29, 1.82) is 0 Å². The zero-order valence-electron chi connectivity index (χ0n) is 10.2. The summed E-state index contributed by atoms with van der Waals surface area (Å²) in [4.78, 5) is 29.4. The normalized spacial score (nSPS) is 13.2. The lowest BCUT2D eigenvalue weighted by Crippen LogP contribution is -2.19. The van der Waals surface area contributed by atoms with Gasteiger partial charge in [-0.25, -0.2) is 15.0 Å². The van der Waals surface area contributed by atoms with Crippen LogP contribution in [0.1, 0.15) is 0 Å². The molecule has 4 N–H and O–H groups in total. The Labute approximate surface area is 114 Å². The maximum Gasteiger partial charge on any atom is 0.351 e. The summed E-state index contributed by atoms with van der Waals surface area (Å²) >= 11 is 0. The average molecular weight is 297 g/mol. The highest BCUT2D eigenvalue weighted by molar-refractivity contribution is 7.51. The van der Waals surface area contributed by atoms with Crippen molar-refractivity contribution in [3.05, 3.63) is 12.7 Å². The number of hydrogen-bond donors (Lipinski definition) is 3. The van der Waals surface area contributed by atoms with E-state index in [2.05, 4.69) is 20.9 Å². The maximum absolute atomic E-state index is 10.8. The highest BCUT2D eigenvalue weighted by Crippen LogP contribution is 2.34. The smallest absolute Gasteiger partial charge is 0.351 e.